The lowest BCUT2D eigenvalue weighted by atomic mass is 10.2. The smallest absolute Gasteiger partial charge is 0.326 e. The fraction of sp³-hybridized carbons (Fsp3) is 0.700. The molecule has 0 aromatic rings. The van der Waals surface area contributed by atoms with Crippen LogP contribution in [-0.2, 0) is 14.3 Å². The molecule has 1 heterocycles. The van der Waals surface area contributed by atoms with E-state index in [1.165, 1.54) is 4.90 Å². The molecular formula is C10H16N2O7. The summed E-state index contributed by atoms with van der Waals surface area (Å²) >= 11 is 0. The summed E-state index contributed by atoms with van der Waals surface area (Å²) in [7, 11) is 0. The number of morpholine rings is 1. The van der Waals surface area contributed by atoms with E-state index >= 15 is 0 Å². The third-order valence-corrected chi connectivity index (χ3v) is 2.60. The van der Waals surface area contributed by atoms with Gasteiger partial charge in [0.15, 0.2) is 0 Å². The Bertz CT molecular complexity index is 360. The number of hydrogen-bond acceptors (Lipinski definition) is 5. The maximum absolute atomic E-state index is 11.8. The highest BCUT2D eigenvalue weighted by molar-refractivity contribution is 5.86. The first-order chi connectivity index (χ1) is 8.93. The molecule has 0 aromatic carbocycles. The summed E-state index contributed by atoms with van der Waals surface area (Å²) < 4.78 is 5.14. The zero-order chi connectivity index (χ0) is 14.4. The molecule has 1 aliphatic rings. The average molecular weight is 276 g/mol. The van der Waals surface area contributed by atoms with Crippen LogP contribution in [0.5, 0.6) is 0 Å². The first kappa shape index (κ1) is 15.2. The number of nitrogens with zero attached hydrogens (tertiary/aromatic N) is 1. The molecule has 0 aliphatic carbocycles. The number of ether oxygens (including phenoxy) is 1. The van der Waals surface area contributed by atoms with Crippen LogP contribution in [0.1, 0.15) is 6.42 Å². The summed E-state index contributed by atoms with van der Waals surface area (Å²) in [5.41, 5.74) is 0. The highest BCUT2D eigenvalue weighted by Crippen LogP contribution is 2.05. The van der Waals surface area contributed by atoms with Crippen LogP contribution in [0.2, 0.25) is 0 Å². The van der Waals surface area contributed by atoms with E-state index in [-0.39, 0.29) is 26.3 Å². The van der Waals surface area contributed by atoms with E-state index in [2.05, 4.69) is 5.32 Å². The summed E-state index contributed by atoms with van der Waals surface area (Å²) in [4.78, 5) is 34.4. The highest BCUT2D eigenvalue weighted by atomic mass is 16.5. The summed E-state index contributed by atoms with van der Waals surface area (Å²) in [5.74, 6) is -2.73. The van der Waals surface area contributed by atoms with E-state index < -0.39 is 36.5 Å². The molecule has 0 radical (unpaired) electrons. The number of carbonyl (C=O) groups excluding carboxylic acids is 1. The van der Waals surface area contributed by atoms with Gasteiger partial charge in [-0.05, 0) is 0 Å². The Morgan fingerprint density at radius 1 is 1.37 bits per heavy atom. The van der Waals surface area contributed by atoms with Crippen molar-refractivity contribution in [3.05, 3.63) is 0 Å². The molecule has 9 heteroatoms. The van der Waals surface area contributed by atoms with E-state index in [0.717, 1.165) is 0 Å². The first-order valence-corrected chi connectivity index (χ1v) is 5.66. The fourth-order valence-corrected chi connectivity index (χ4v) is 1.63. The van der Waals surface area contributed by atoms with E-state index in [4.69, 9.17) is 20.1 Å². The third-order valence-electron chi connectivity index (χ3n) is 2.60. The number of carboxylic acids is 2. The highest BCUT2D eigenvalue weighted by Gasteiger charge is 2.28. The van der Waals surface area contributed by atoms with Crippen LogP contribution in [0.3, 0.4) is 0 Å². The number of amides is 2. The van der Waals surface area contributed by atoms with Gasteiger partial charge in [0.25, 0.3) is 0 Å². The van der Waals surface area contributed by atoms with Gasteiger partial charge in [0, 0.05) is 6.54 Å². The first-order valence-electron chi connectivity index (χ1n) is 5.66. The number of urea groups is 1. The number of carbonyl (C=O) groups is 3. The maximum atomic E-state index is 11.8. The summed E-state index contributed by atoms with van der Waals surface area (Å²) in [6.07, 6.45) is -1.21. The van der Waals surface area contributed by atoms with Crippen molar-refractivity contribution in [3.8, 4) is 0 Å². The second kappa shape index (κ2) is 6.90. The van der Waals surface area contributed by atoms with Gasteiger partial charge in [-0.3, -0.25) is 4.79 Å². The van der Waals surface area contributed by atoms with Crippen molar-refractivity contribution in [1.29, 1.82) is 0 Å². The molecule has 2 amide bonds. The van der Waals surface area contributed by atoms with Gasteiger partial charge >= 0.3 is 18.0 Å². The Morgan fingerprint density at radius 3 is 2.58 bits per heavy atom. The Morgan fingerprint density at radius 2 is 2.05 bits per heavy atom. The lowest BCUT2D eigenvalue weighted by Crippen LogP contribution is -2.54. The minimum Gasteiger partial charge on any atom is -0.481 e. The monoisotopic (exact) mass is 276 g/mol. The normalized spacial score (nSPS) is 20.7. The van der Waals surface area contributed by atoms with Gasteiger partial charge in [0.05, 0.1) is 32.3 Å². The molecule has 4 N–H and O–H groups in total. The zero-order valence-electron chi connectivity index (χ0n) is 10.1. The molecule has 9 nitrogen and oxygen atoms in total. The Kier molecular flexibility index (Phi) is 5.52. The molecule has 0 bridgehead atoms. The fourth-order valence-electron chi connectivity index (χ4n) is 1.63. The second-order valence-electron chi connectivity index (χ2n) is 4.06. The summed E-state index contributed by atoms with van der Waals surface area (Å²) in [6.45, 7) is 0.361. The van der Waals surface area contributed by atoms with Crippen molar-refractivity contribution in [1.82, 2.24) is 10.2 Å². The summed E-state index contributed by atoms with van der Waals surface area (Å²) in [6, 6.07) is -2.17. The minimum atomic E-state index is -1.49. The van der Waals surface area contributed by atoms with E-state index in [1.54, 1.807) is 0 Å². The molecule has 0 spiro atoms. The molecule has 0 aromatic heterocycles. The van der Waals surface area contributed by atoms with E-state index in [9.17, 15) is 14.4 Å². The van der Waals surface area contributed by atoms with Gasteiger partial charge in [-0.15, -0.1) is 0 Å². The molecule has 1 saturated heterocycles. The van der Waals surface area contributed by atoms with Crippen molar-refractivity contribution in [2.75, 3.05) is 26.3 Å². The molecule has 0 saturated carbocycles. The van der Waals surface area contributed by atoms with Crippen molar-refractivity contribution in [2.24, 2.45) is 0 Å². The maximum Gasteiger partial charge on any atom is 0.326 e. The second-order valence-corrected chi connectivity index (χ2v) is 4.06. The van der Waals surface area contributed by atoms with Gasteiger partial charge in [-0.2, -0.15) is 0 Å². The lowest BCUT2D eigenvalue weighted by Gasteiger charge is -2.32. The Balaban J connectivity index is 2.56. The number of hydrogen-bond donors (Lipinski definition) is 4. The average Bonchev–Trinajstić information content (AvgIpc) is 2.37. The topological polar surface area (TPSA) is 136 Å². The quantitative estimate of drug-likeness (QED) is 0.470. The van der Waals surface area contributed by atoms with Crippen LogP contribution in [0.25, 0.3) is 0 Å². The van der Waals surface area contributed by atoms with E-state index in [1.807, 2.05) is 0 Å². The summed E-state index contributed by atoms with van der Waals surface area (Å²) in [5, 5.41) is 28.4. The van der Waals surface area contributed by atoms with Crippen LogP contribution in [-0.4, -0.2) is 76.6 Å². The van der Waals surface area contributed by atoms with E-state index in [0.29, 0.717) is 0 Å². The zero-order valence-corrected chi connectivity index (χ0v) is 10.1. The van der Waals surface area contributed by atoms with Crippen LogP contribution >= 0.6 is 0 Å². The molecular weight excluding hydrogens is 260 g/mol. The molecule has 19 heavy (non-hydrogen) atoms. The predicted molar refractivity (Wildman–Crippen MR) is 60.6 cm³/mol. The number of rotatable bonds is 5. The van der Waals surface area contributed by atoms with Gasteiger partial charge in [0.1, 0.15) is 6.04 Å². The lowest BCUT2D eigenvalue weighted by molar-refractivity contribution is -0.145. The van der Waals surface area contributed by atoms with Crippen molar-refractivity contribution < 1.29 is 34.4 Å². The predicted octanol–water partition coefficient (Wildman–Crippen LogP) is -1.68. The Labute approximate surface area is 108 Å². The van der Waals surface area contributed by atoms with Crippen LogP contribution in [0.15, 0.2) is 0 Å². The van der Waals surface area contributed by atoms with Crippen LogP contribution in [0, 0.1) is 0 Å². The molecule has 108 valence electrons. The number of aliphatic carboxylic acids is 2. The van der Waals surface area contributed by atoms with Crippen LogP contribution in [0.4, 0.5) is 4.79 Å². The number of aliphatic hydroxyl groups is 1. The largest absolute Gasteiger partial charge is 0.481 e. The van der Waals surface area contributed by atoms with Gasteiger partial charge in [-0.1, -0.05) is 0 Å². The molecule has 2 atom stereocenters. The number of aliphatic hydroxyl groups excluding tert-OH is 1. The van der Waals surface area contributed by atoms with Crippen molar-refractivity contribution >= 4 is 18.0 Å². The number of carboxylic acid groups (broad SMARTS) is 2. The Hall–Kier alpha value is -1.87. The molecule has 1 fully saturated rings. The molecule has 1 rings (SSSR count). The van der Waals surface area contributed by atoms with Gasteiger partial charge in [-0.25, -0.2) is 9.59 Å². The van der Waals surface area contributed by atoms with Crippen molar-refractivity contribution in [3.63, 3.8) is 0 Å². The van der Waals surface area contributed by atoms with Crippen LogP contribution < -0.4 is 5.32 Å². The molecule has 1 unspecified atom stereocenters. The molecule has 1 aliphatic heterocycles. The third kappa shape index (κ3) is 4.72. The standard InChI is InChI=1S/C10H16N2O7/c13-5-6-4-12(1-2-19-6)10(18)11-7(9(16)17)3-8(14)15/h6-7,13H,1-5H2,(H,11,18)(H,14,15)(H,16,17)/t6?,7-/m0/s1. The minimum absolute atomic E-state index is 0.127. The van der Waals surface area contributed by atoms with Gasteiger partial charge < -0.3 is 30.3 Å². The number of nitrogens with one attached hydrogen (secondary N) is 1. The SMILES string of the molecule is O=C(O)C[C@H](NC(=O)N1CCOC(CO)C1)C(=O)O. The van der Waals surface area contributed by atoms with Gasteiger partial charge in [0.2, 0.25) is 0 Å². The van der Waals surface area contributed by atoms with Crippen molar-refractivity contribution in [2.45, 2.75) is 18.6 Å².